The lowest BCUT2D eigenvalue weighted by molar-refractivity contribution is 0.102. The summed E-state index contributed by atoms with van der Waals surface area (Å²) in [6.07, 6.45) is 0. The Morgan fingerprint density at radius 1 is 1.07 bits per heavy atom. The van der Waals surface area contributed by atoms with Crippen molar-refractivity contribution in [1.82, 2.24) is 10.2 Å². The average Bonchev–Trinajstić information content (AvgIpc) is 3.10. The van der Waals surface area contributed by atoms with E-state index in [4.69, 9.17) is 14.2 Å². The van der Waals surface area contributed by atoms with E-state index in [1.54, 1.807) is 12.1 Å². The maximum atomic E-state index is 12.5. The number of carbonyl (C=O) groups is 1. The van der Waals surface area contributed by atoms with Crippen molar-refractivity contribution in [3.8, 4) is 17.2 Å². The summed E-state index contributed by atoms with van der Waals surface area (Å²) in [4.78, 5) is 12.5. The van der Waals surface area contributed by atoms with Crippen LogP contribution in [0.5, 0.6) is 17.2 Å². The van der Waals surface area contributed by atoms with Crippen molar-refractivity contribution in [1.29, 1.82) is 0 Å². The number of hydrogen-bond donors (Lipinski definition) is 1. The van der Waals surface area contributed by atoms with E-state index in [0.717, 1.165) is 10.6 Å². The van der Waals surface area contributed by atoms with E-state index in [9.17, 15) is 4.79 Å². The van der Waals surface area contributed by atoms with Crippen LogP contribution in [0.4, 0.5) is 5.13 Å². The van der Waals surface area contributed by atoms with Gasteiger partial charge in [-0.05, 0) is 24.6 Å². The highest BCUT2D eigenvalue weighted by Crippen LogP contribution is 2.39. The Morgan fingerprint density at radius 3 is 2.30 bits per heavy atom. The van der Waals surface area contributed by atoms with Gasteiger partial charge in [0, 0.05) is 5.56 Å². The standard InChI is InChI=1S/C19H19N3O4S/c1-12-21-22-19(27-12)20-18(23)14-9-15(24-2)17(16(10-14)25-3)26-11-13-7-5-4-6-8-13/h4-10H,11H2,1-3H3,(H,20,22,23). The van der Waals surface area contributed by atoms with Gasteiger partial charge in [-0.1, -0.05) is 41.7 Å². The van der Waals surface area contributed by atoms with Crippen LogP contribution in [0, 0.1) is 6.92 Å². The second kappa shape index (κ2) is 8.50. The van der Waals surface area contributed by atoms with Crippen molar-refractivity contribution in [3.05, 3.63) is 58.6 Å². The van der Waals surface area contributed by atoms with E-state index in [-0.39, 0.29) is 5.91 Å². The monoisotopic (exact) mass is 385 g/mol. The number of aryl methyl sites for hydroxylation is 1. The minimum atomic E-state index is -0.336. The molecule has 7 nitrogen and oxygen atoms in total. The summed E-state index contributed by atoms with van der Waals surface area (Å²) in [5, 5.41) is 11.7. The second-order valence-corrected chi connectivity index (χ2v) is 6.75. The van der Waals surface area contributed by atoms with Gasteiger partial charge in [-0.3, -0.25) is 10.1 Å². The molecule has 0 aliphatic carbocycles. The largest absolute Gasteiger partial charge is 0.493 e. The predicted molar refractivity (Wildman–Crippen MR) is 103 cm³/mol. The number of nitrogens with zero attached hydrogens (tertiary/aromatic N) is 2. The van der Waals surface area contributed by atoms with Gasteiger partial charge < -0.3 is 14.2 Å². The van der Waals surface area contributed by atoms with E-state index in [1.165, 1.54) is 25.6 Å². The molecule has 2 aromatic carbocycles. The average molecular weight is 385 g/mol. The first kappa shape index (κ1) is 18.7. The van der Waals surface area contributed by atoms with E-state index in [2.05, 4.69) is 15.5 Å². The van der Waals surface area contributed by atoms with Crippen molar-refractivity contribution in [2.24, 2.45) is 0 Å². The van der Waals surface area contributed by atoms with Gasteiger partial charge in [-0.25, -0.2) is 0 Å². The number of hydrogen-bond acceptors (Lipinski definition) is 7. The van der Waals surface area contributed by atoms with Crippen LogP contribution in [-0.2, 0) is 6.61 Å². The molecule has 1 heterocycles. The van der Waals surface area contributed by atoms with Gasteiger partial charge in [0.15, 0.2) is 11.5 Å². The number of nitrogens with one attached hydrogen (secondary N) is 1. The topological polar surface area (TPSA) is 82.6 Å². The molecule has 1 amide bonds. The molecule has 3 aromatic rings. The molecule has 3 rings (SSSR count). The highest BCUT2D eigenvalue weighted by Gasteiger charge is 2.19. The van der Waals surface area contributed by atoms with Crippen LogP contribution < -0.4 is 19.5 Å². The van der Waals surface area contributed by atoms with Gasteiger partial charge in [0.05, 0.1) is 14.2 Å². The summed E-state index contributed by atoms with van der Waals surface area (Å²) < 4.78 is 16.7. The van der Waals surface area contributed by atoms with E-state index in [1.807, 2.05) is 37.3 Å². The van der Waals surface area contributed by atoms with Crippen LogP contribution in [0.2, 0.25) is 0 Å². The zero-order valence-electron chi connectivity index (χ0n) is 15.2. The molecule has 0 aliphatic rings. The number of carbonyl (C=O) groups excluding carboxylic acids is 1. The van der Waals surface area contributed by atoms with Crippen LogP contribution in [-0.4, -0.2) is 30.3 Å². The highest BCUT2D eigenvalue weighted by atomic mass is 32.1. The Morgan fingerprint density at radius 2 is 1.74 bits per heavy atom. The number of ether oxygens (including phenoxy) is 3. The quantitative estimate of drug-likeness (QED) is 0.668. The summed E-state index contributed by atoms with van der Waals surface area (Å²) >= 11 is 1.30. The van der Waals surface area contributed by atoms with Crippen molar-refractivity contribution in [2.45, 2.75) is 13.5 Å². The third kappa shape index (κ3) is 4.53. The predicted octanol–water partition coefficient (Wildman–Crippen LogP) is 3.70. The van der Waals surface area contributed by atoms with Gasteiger partial charge in [0.25, 0.3) is 5.91 Å². The molecule has 140 valence electrons. The summed E-state index contributed by atoms with van der Waals surface area (Å²) in [5.74, 6) is 0.914. The molecule has 0 aliphatic heterocycles. The number of anilines is 1. The van der Waals surface area contributed by atoms with E-state index < -0.39 is 0 Å². The summed E-state index contributed by atoms with van der Waals surface area (Å²) in [7, 11) is 3.03. The Hall–Kier alpha value is -3.13. The third-order valence-electron chi connectivity index (χ3n) is 3.70. The molecular weight excluding hydrogens is 366 g/mol. The van der Waals surface area contributed by atoms with Crippen molar-refractivity contribution in [3.63, 3.8) is 0 Å². The van der Waals surface area contributed by atoms with Gasteiger partial charge in [-0.2, -0.15) is 0 Å². The molecule has 0 atom stereocenters. The molecule has 0 spiro atoms. The Kier molecular flexibility index (Phi) is 5.87. The van der Waals surface area contributed by atoms with Gasteiger partial charge >= 0.3 is 0 Å². The molecule has 1 N–H and O–H groups in total. The number of aromatic nitrogens is 2. The summed E-state index contributed by atoms with van der Waals surface area (Å²) in [5.41, 5.74) is 1.37. The molecular formula is C19H19N3O4S. The van der Waals surface area contributed by atoms with Crippen molar-refractivity contribution >= 4 is 22.4 Å². The van der Waals surface area contributed by atoms with Crippen LogP contribution in [0.15, 0.2) is 42.5 Å². The molecule has 0 radical (unpaired) electrons. The van der Waals surface area contributed by atoms with Gasteiger partial charge in [0.1, 0.15) is 11.6 Å². The van der Waals surface area contributed by atoms with E-state index >= 15 is 0 Å². The molecule has 8 heteroatoms. The minimum Gasteiger partial charge on any atom is -0.493 e. The van der Waals surface area contributed by atoms with Gasteiger partial charge in [0.2, 0.25) is 10.9 Å². The SMILES string of the molecule is COc1cc(C(=O)Nc2nnc(C)s2)cc(OC)c1OCc1ccccc1. The van der Waals surface area contributed by atoms with Crippen LogP contribution in [0.1, 0.15) is 20.9 Å². The lowest BCUT2D eigenvalue weighted by Crippen LogP contribution is -2.12. The molecule has 0 saturated heterocycles. The summed E-state index contributed by atoms with van der Waals surface area (Å²) in [6.45, 7) is 2.17. The molecule has 0 saturated carbocycles. The van der Waals surface area contributed by atoms with Crippen LogP contribution in [0.25, 0.3) is 0 Å². The molecule has 0 bridgehead atoms. The fraction of sp³-hybridized carbons (Fsp3) is 0.211. The Labute approximate surface area is 160 Å². The normalized spacial score (nSPS) is 10.3. The zero-order chi connectivity index (χ0) is 19.2. The van der Waals surface area contributed by atoms with Crippen molar-refractivity contribution < 1.29 is 19.0 Å². The first-order valence-electron chi connectivity index (χ1n) is 8.15. The number of methoxy groups -OCH3 is 2. The smallest absolute Gasteiger partial charge is 0.257 e. The molecule has 27 heavy (non-hydrogen) atoms. The lowest BCUT2D eigenvalue weighted by Gasteiger charge is -2.16. The highest BCUT2D eigenvalue weighted by molar-refractivity contribution is 7.15. The number of rotatable bonds is 7. The second-order valence-electron chi connectivity index (χ2n) is 5.56. The first-order chi connectivity index (χ1) is 13.1. The van der Waals surface area contributed by atoms with Crippen LogP contribution in [0.3, 0.4) is 0 Å². The zero-order valence-corrected chi connectivity index (χ0v) is 16.0. The fourth-order valence-corrected chi connectivity index (χ4v) is 2.99. The maximum absolute atomic E-state index is 12.5. The van der Waals surface area contributed by atoms with E-state index in [0.29, 0.717) is 34.6 Å². The van der Waals surface area contributed by atoms with Crippen LogP contribution >= 0.6 is 11.3 Å². The fourth-order valence-electron chi connectivity index (χ4n) is 2.40. The number of benzene rings is 2. The van der Waals surface area contributed by atoms with Crippen molar-refractivity contribution in [2.75, 3.05) is 19.5 Å². The lowest BCUT2D eigenvalue weighted by atomic mass is 10.1. The van der Waals surface area contributed by atoms with Gasteiger partial charge in [-0.15, -0.1) is 10.2 Å². The maximum Gasteiger partial charge on any atom is 0.257 e. The minimum absolute atomic E-state index is 0.336. The molecule has 1 aromatic heterocycles. The molecule has 0 fully saturated rings. The first-order valence-corrected chi connectivity index (χ1v) is 8.96. The Balaban J connectivity index is 1.83. The Bertz CT molecular complexity index is 903. The summed E-state index contributed by atoms with van der Waals surface area (Å²) in [6, 6.07) is 13.0. The molecule has 0 unspecified atom stereocenters. The number of amides is 1. The third-order valence-corrected chi connectivity index (χ3v) is 4.45.